The number of carbonyl (C=O) groups excluding carboxylic acids is 2. The molecule has 0 aliphatic heterocycles. The number of nitrogens with one attached hydrogen (secondary N) is 2. The van der Waals surface area contributed by atoms with Gasteiger partial charge in [-0.05, 0) is 6.42 Å². The van der Waals surface area contributed by atoms with Crippen LogP contribution in [0, 0.1) is 0 Å². The number of carboxylic acids is 1. The first-order valence-electron chi connectivity index (χ1n) is 4.36. The lowest BCUT2D eigenvalue weighted by atomic mass is 10.1. The number of ketones is 1. The van der Waals surface area contributed by atoms with Crippen LogP contribution in [0.1, 0.15) is 19.8 Å². The van der Waals surface area contributed by atoms with Gasteiger partial charge in [0.15, 0.2) is 12.3 Å². The zero-order chi connectivity index (χ0) is 11.8. The molecule has 0 aliphatic rings. The van der Waals surface area contributed by atoms with Gasteiger partial charge in [0, 0.05) is 13.3 Å². The number of hydrogen-bond acceptors (Lipinski definition) is 3. The largest absolute Gasteiger partial charge is 0.508 e. The van der Waals surface area contributed by atoms with Crippen LogP contribution in [0.2, 0.25) is 0 Å². The van der Waals surface area contributed by atoms with Gasteiger partial charge in [0.05, 0.1) is 0 Å². The first-order valence-corrected chi connectivity index (χ1v) is 4.36. The fourth-order valence-corrected chi connectivity index (χ4v) is 0.985. The van der Waals surface area contributed by atoms with Crippen LogP contribution in [-0.4, -0.2) is 35.4 Å². The Morgan fingerprint density at radius 3 is 2.47 bits per heavy atom. The predicted octanol–water partition coefficient (Wildman–Crippen LogP) is -1.97. The van der Waals surface area contributed by atoms with Crippen LogP contribution in [0.3, 0.4) is 0 Å². The summed E-state index contributed by atoms with van der Waals surface area (Å²) in [6.45, 7) is 0.972. The average Bonchev–Trinajstić information content (AvgIpc) is 2.11. The summed E-state index contributed by atoms with van der Waals surface area (Å²) in [7, 11) is 0. The number of hydrogen-bond donors (Lipinski definition) is 3. The number of aliphatic carboxylic acids is 1. The van der Waals surface area contributed by atoms with Gasteiger partial charge in [-0.25, -0.2) is 4.79 Å². The lowest BCUT2D eigenvalue weighted by Crippen LogP contribution is -2.65. The molecule has 1 unspecified atom stereocenters. The minimum atomic E-state index is -1.19. The van der Waals surface area contributed by atoms with Gasteiger partial charge in [0.1, 0.15) is 6.04 Å². The first-order chi connectivity index (χ1) is 6.97. The fourth-order valence-electron chi connectivity index (χ4n) is 0.985. The fraction of sp³-hybridized carbons (Fsp3) is 0.625. The van der Waals surface area contributed by atoms with Crippen molar-refractivity contribution in [3.8, 4) is 0 Å². The molecule has 0 fully saturated rings. The Kier molecular flexibility index (Phi) is 5.84. The maximum absolute atomic E-state index is 10.9. The molecule has 0 radical (unpaired) electrons. The highest BCUT2D eigenvalue weighted by atomic mass is 16.4. The van der Waals surface area contributed by atoms with Crippen LogP contribution in [0.25, 0.3) is 5.53 Å². The molecule has 7 nitrogen and oxygen atoms in total. The van der Waals surface area contributed by atoms with Gasteiger partial charge >= 0.3 is 5.97 Å². The van der Waals surface area contributed by atoms with E-state index in [1.54, 1.807) is 5.11 Å². The van der Waals surface area contributed by atoms with E-state index in [0.717, 1.165) is 0 Å². The zero-order valence-corrected chi connectivity index (χ0v) is 8.32. The smallest absolute Gasteiger partial charge is 0.326 e. The normalized spacial score (nSPS) is 11.5. The van der Waals surface area contributed by atoms with Gasteiger partial charge in [-0.15, -0.1) is 0 Å². The van der Waals surface area contributed by atoms with Gasteiger partial charge in [-0.2, -0.15) is 0 Å². The second-order valence-corrected chi connectivity index (χ2v) is 3.00. The van der Waals surface area contributed by atoms with Crippen molar-refractivity contribution in [2.75, 3.05) is 6.54 Å². The molecular weight excluding hydrogens is 202 g/mol. The molecule has 0 aromatic carbocycles. The highest BCUT2D eigenvalue weighted by Crippen LogP contribution is 1.98. The van der Waals surface area contributed by atoms with Crippen molar-refractivity contribution < 1.29 is 24.6 Å². The van der Waals surface area contributed by atoms with Crippen LogP contribution in [0.4, 0.5) is 0 Å². The molecule has 3 N–H and O–H groups in total. The van der Waals surface area contributed by atoms with Crippen LogP contribution >= 0.6 is 0 Å². The van der Waals surface area contributed by atoms with E-state index >= 15 is 0 Å². The summed E-state index contributed by atoms with van der Waals surface area (Å²) in [6.07, 6.45) is -0.0137. The maximum atomic E-state index is 10.9. The summed E-state index contributed by atoms with van der Waals surface area (Å²) in [5, 5.41) is 12.6. The van der Waals surface area contributed by atoms with E-state index in [2.05, 4.69) is 5.32 Å². The molecule has 0 heterocycles. The standard InChI is InChI=1S/C8H13N3O4/c1-5(12)11-7(8(14)15)3-2-6(13)4-10-9/h7,10H,2-4H2,1H3,(H,11,12)(H,14,15). The number of rotatable bonds is 7. The molecule has 0 spiro atoms. The lowest BCUT2D eigenvalue weighted by molar-refractivity contribution is -0.467. The molecule has 0 aliphatic carbocycles. The number of amides is 1. The highest BCUT2D eigenvalue weighted by Gasteiger charge is 2.19. The predicted molar refractivity (Wildman–Crippen MR) is 48.7 cm³/mol. The number of carboxylic acid groups (broad SMARTS) is 1. The molecule has 15 heavy (non-hydrogen) atoms. The summed E-state index contributed by atoms with van der Waals surface area (Å²) < 4.78 is 0. The molecular formula is C8H13N3O4. The molecule has 0 bridgehead atoms. The first kappa shape index (κ1) is 13.2. The second kappa shape index (κ2) is 6.63. The Morgan fingerprint density at radius 1 is 1.47 bits per heavy atom. The van der Waals surface area contributed by atoms with E-state index in [9.17, 15) is 14.4 Å². The summed E-state index contributed by atoms with van der Waals surface area (Å²) in [5.41, 5.74) is 8.20. The topological polar surface area (TPSA) is 120 Å². The zero-order valence-electron chi connectivity index (χ0n) is 8.32. The van der Waals surface area contributed by atoms with Crippen molar-refractivity contribution in [3.63, 3.8) is 0 Å². The summed E-state index contributed by atoms with van der Waals surface area (Å²) in [4.78, 5) is 32.2. The maximum Gasteiger partial charge on any atom is 0.326 e. The van der Waals surface area contributed by atoms with E-state index in [0.29, 0.717) is 0 Å². The van der Waals surface area contributed by atoms with Gasteiger partial charge < -0.3 is 21.1 Å². The van der Waals surface area contributed by atoms with Crippen molar-refractivity contribution in [1.82, 2.24) is 5.32 Å². The molecule has 0 aromatic rings. The van der Waals surface area contributed by atoms with Gasteiger partial charge in [0.25, 0.3) is 0 Å². The van der Waals surface area contributed by atoms with Crippen molar-refractivity contribution in [3.05, 3.63) is 5.53 Å². The van der Waals surface area contributed by atoms with E-state index in [-0.39, 0.29) is 25.2 Å². The van der Waals surface area contributed by atoms with Crippen LogP contribution in [0.15, 0.2) is 0 Å². The van der Waals surface area contributed by atoms with Crippen LogP contribution in [0.5, 0.6) is 0 Å². The van der Waals surface area contributed by atoms with Gasteiger partial charge in [-0.1, -0.05) is 0 Å². The molecule has 1 atom stereocenters. The Morgan fingerprint density at radius 2 is 2.07 bits per heavy atom. The lowest BCUT2D eigenvalue weighted by Gasteiger charge is -2.11. The summed E-state index contributed by atoms with van der Waals surface area (Å²) >= 11 is 0. The Hall–Kier alpha value is -1.79. The van der Waals surface area contributed by atoms with Crippen LogP contribution in [-0.2, 0) is 14.4 Å². The van der Waals surface area contributed by atoms with Crippen molar-refractivity contribution in [1.29, 1.82) is 0 Å². The van der Waals surface area contributed by atoms with Gasteiger partial charge in [-0.3, -0.25) is 9.59 Å². The quantitative estimate of drug-likeness (QED) is 0.426. The van der Waals surface area contributed by atoms with E-state index in [1.165, 1.54) is 6.92 Å². The van der Waals surface area contributed by atoms with Crippen molar-refractivity contribution in [2.45, 2.75) is 25.8 Å². The molecule has 0 saturated heterocycles. The second-order valence-electron chi connectivity index (χ2n) is 3.00. The number of nitrogens with zero attached hydrogens (tertiary/aromatic N) is 1. The third kappa shape index (κ3) is 6.30. The number of carbonyl (C=O) groups is 3. The Labute approximate surface area is 86.4 Å². The molecule has 84 valence electrons. The van der Waals surface area contributed by atoms with Crippen molar-refractivity contribution in [2.24, 2.45) is 0 Å². The van der Waals surface area contributed by atoms with Crippen LogP contribution < -0.4 is 10.4 Å². The van der Waals surface area contributed by atoms with E-state index in [1.807, 2.05) is 0 Å². The van der Waals surface area contributed by atoms with Crippen molar-refractivity contribution >= 4 is 17.7 Å². The van der Waals surface area contributed by atoms with E-state index in [4.69, 9.17) is 10.6 Å². The third-order valence-corrected chi connectivity index (χ3v) is 1.66. The van der Waals surface area contributed by atoms with E-state index < -0.39 is 17.9 Å². The molecule has 1 amide bonds. The Bertz CT molecular complexity index is 277. The summed E-state index contributed by atoms with van der Waals surface area (Å²) in [5.74, 6) is -1.97. The monoisotopic (exact) mass is 215 g/mol. The Balaban J connectivity index is 4.06. The molecule has 0 aromatic heterocycles. The summed E-state index contributed by atoms with van der Waals surface area (Å²) in [6, 6.07) is -1.06. The minimum absolute atomic E-state index is 0.00935. The average molecular weight is 215 g/mol. The molecule has 0 rings (SSSR count). The third-order valence-electron chi connectivity index (χ3n) is 1.66. The SMILES string of the molecule is CC(=O)NC(CCC(=O)C[NH+]=[N-])C(=O)O. The molecule has 0 saturated carbocycles. The van der Waals surface area contributed by atoms with Gasteiger partial charge in [0.2, 0.25) is 5.91 Å². The highest BCUT2D eigenvalue weighted by molar-refractivity contribution is 5.83. The molecule has 7 heteroatoms. The number of Topliss-reactive ketones (excluding diaryl/α,β-unsaturated/α-hetero) is 1. The minimum Gasteiger partial charge on any atom is -0.508 e.